The molecule has 5 atom stereocenters. The Morgan fingerprint density at radius 2 is 1.69 bits per heavy atom. The number of ether oxygens (including phenoxy) is 1. The molecule has 2 unspecified atom stereocenters. The van der Waals surface area contributed by atoms with Gasteiger partial charge in [-0.25, -0.2) is 17.9 Å². The summed E-state index contributed by atoms with van der Waals surface area (Å²) in [6.07, 6.45) is -2.42. The van der Waals surface area contributed by atoms with Crippen LogP contribution in [0, 0.1) is 17.5 Å². The summed E-state index contributed by atoms with van der Waals surface area (Å²) in [5.74, 6) is -4.37. The van der Waals surface area contributed by atoms with Crippen molar-refractivity contribution in [1.82, 2.24) is 15.0 Å². The minimum Gasteiger partial charge on any atom is -0.394 e. The minimum atomic E-state index is -1.60. The maximum absolute atomic E-state index is 13.7. The number of aromatic nitrogens is 3. The molecule has 3 aromatic carbocycles. The van der Waals surface area contributed by atoms with Gasteiger partial charge in [-0.3, -0.25) is 0 Å². The molecule has 0 aliphatic carbocycles. The molecule has 7 nitrogen and oxygen atoms in total. The van der Waals surface area contributed by atoms with Crippen LogP contribution in [0.5, 0.6) is 0 Å². The van der Waals surface area contributed by atoms with Crippen LogP contribution >= 0.6 is 11.8 Å². The van der Waals surface area contributed by atoms with Crippen molar-refractivity contribution < 1.29 is 33.2 Å². The van der Waals surface area contributed by atoms with E-state index in [1.165, 1.54) is 18.0 Å². The first-order valence-corrected chi connectivity index (χ1v) is 11.6. The fourth-order valence-corrected chi connectivity index (χ4v) is 5.38. The summed E-state index contributed by atoms with van der Waals surface area (Å²) in [5.41, 5.74) is -0.948. The summed E-state index contributed by atoms with van der Waals surface area (Å²) in [6.45, 7) is -0.521. The molecule has 182 valence electrons. The van der Waals surface area contributed by atoms with Crippen LogP contribution in [-0.2, 0) is 4.74 Å². The Bertz CT molecular complexity index is 1340. The number of rotatable bonds is 5. The van der Waals surface area contributed by atoms with E-state index in [-0.39, 0.29) is 11.3 Å². The highest BCUT2D eigenvalue weighted by Crippen LogP contribution is 2.40. The van der Waals surface area contributed by atoms with Crippen molar-refractivity contribution in [2.24, 2.45) is 0 Å². The van der Waals surface area contributed by atoms with E-state index < -0.39 is 53.8 Å². The van der Waals surface area contributed by atoms with Crippen LogP contribution < -0.4 is 0 Å². The summed E-state index contributed by atoms with van der Waals surface area (Å²) in [4.78, 5) is 0.829. The summed E-state index contributed by atoms with van der Waals surface area (Å²) in [5, 5.41) is 41.5. The maximum atomic E-state index is 13.7. The highest BCUT2D eigenvalue weighted by molar-refractivity contribution is 8.00. The Hall–Kier alpha value is -2.96. The van der Waals surface area contributed by atoms with Crippen LogP contribution in [0.4, 0.5) is 13.2 Å². The number of aliphatic hydroxyl groups excluding tert-OH is 3. The predicted molar refractivity (Wildman–Crippen MR) is 122 cm³/mol. The normalized spacial score (nSPS) is 24.7. The maximum Gasteiger partial charge on any atom is 0.194 e. The first kappa shape index (κ1) is 23.8. The van der Waals surface area contributed by atoms with Crippen LogP contribution in [0.25, 0.3) is 22.0 Å². The third-order valence-corrected chi connectivity index (χ3v) is 7.17. The molecule has 1 aromatic heterocycles. The van der Waals surface area contributed by atoms with Gasteiger partial charge < -0.3 is 20.1 Å². The zero-order valence-electron chi connectivity index (χ0n) is 18.0. The molecule has 4 aromatic rings. The van der Waals surface area contributed by atoms with Crippen molar-refractivity contribution in [3.05, 3.63) is 78.2 Å². The van der Waals surface area contributed by atoms with Gasteiger partial charge in [-0.1, -0.05) is 53.4 Å². The molecule has 1 aliphatic heterocycles. The third kappa shape index (κ3) is 4.41. The number of benzene rings is 3. The highest BCUT2D eigenvalue weighted by Gasteiger charge is 2.46. The molecule has 1 aliphatic rings. The quantitative estimate of drug-likeness (QED) is 0.360. The monoisotopic (exact) mass is 503 g/mol. The molecule has 35 heavy (non-hydrogen) atoms. The third-order valence-electron chi connectivity index (χ3n) is 5.94. The lowest BCUT2D eigenvalue weighted by Crippen LogP contribution is -2.55. The van der Waals surface area contributed by atoms with Gasteiger partial charge in [0.2, 0.25) is 0 Å². The molecule has 0 amide bonds. The summed E-state index contributed by atoms with van der Waals surface area (Å²) in [7, 11) is 0. The second-order valence-corrected chi connectivity index (χ2v) is 9.27. The van der Waals surface area contributed by atoms with Crippen LogP contribution in [0.2, 0.25) is 0 Å². The number of fused-ring (bicyclic) bond motifs is 1. The molecular formula is C24H20F3N3O4S. The lowest BCUT2D eigenvalue weighted by atomic mass is 9.97. The van der Waals surface area contributed by atoms with Gasteiger partial charge in [-0.05, 0) is 29.0 Å². The average molecular weight is 504 g/mol. The molecule has 0 bridgehead atoms. The predicted octanol–water partition coefficient (Wildman–Crippen LogP) is 3.29. The Morgan fingerprint density at radius 3 is 2.43 bits per heavy atom. The second kappa shape index (κ2) is 9.59. The number of nitrogens with zero attached hydrogens (tertiary/aromatic N) is 3. The largest absolute Gasteiger partial charge is 0.394 e. The van der Waals surface area contributed by atoms with E-state index in [0.717, 1.165) is 32.5 Å². The number of hydrogen-bond donors (Lipinski definition) is 3. The Balaban J connectivity index is 1.47. The zero-order chi connectivity index (χ0) is 24.7. The van der Waals surface area contributed by atoms with Gasteiger partial charge >= 0.3 is 0 Å². The molecule has 1 saturated heterocycles. The van der Waals surface area contributed by atoms with Crippen LogP contribution in [0.1, 0.15) is 6.04 Å². The van der Waals surface area contributed by atoms with Crippen molar-refractivity contribution in [2.45, 2.75) is 34.7 Å². The van der Waals surface area contributed by atoms with Gasteiger partial charge in [0.05, 0.1) is 12.8 Å². The molecule has 0 radical (unpaired) electrons. The van der Waals surface area contributed by atoms with Gasteiger partial charge in [-0.2, -0.15) is 0 Å². The first-order valence-electron chi connectivity index (χ1n) is 10.7. The SMILES string of the molecule is OCC1O[C@H](Sc2cccc3ccccc23)C(O)[C@@H](n2cc(-c3cc(F)c(F)c(F)c3)nn2)[C@H]1O. The standard InChI is InChI=1S/C24H20F3N3O4S/c25-15-8-13(9-16(26)20(15)27)17-10-30(29-28-17)21-22(32)18(11-31)34-24(23(21)33)35-19-7-3-5-12-4-1-2-6-14(12)19/h1-10,18,21-24,31-33H,11H2/t18?,21-,22-,23?,24+/m0/s1. The number of aliphatic hydroxyl groups is 3. The van der Waals surface area contributed by atoms with E-state index in [9.17, 15) is 28.5 Å². The second-order valence-electron chi connectivity index (χ2n) is 8.13. The highest BCUT2D eigenvalue weighted by atomic mass is 32.2. The van der Waals surface area contributed by atoms with E-state index >= 15 is 0 Å². The Morgan fingerprint density at radius 1 is 0.971 bits per heavy atom. The van der Waals surface area contributed by atoms with Crippen molar-refractivity contribution in [3.8, 4) is 11.3 Å². The molecule has 2 heterocycles. The fraction of sp³-hybridized carbons (Fsp3) is 0.250. The van der Waals surface area contributed by atoms with Crippen LogP contribution in [0.15, 0.2) is 65.7 Å². The van der Waals surface area contributed by atoms with E-state index in [0.29, 0.717) is 0 Å². The lowest BCUT2D eigenvalue weighted by Gasteiger charge is -2.41. The van der Waals surface area contributed by atoms with Gasteiger partial charge in [0.15, 0.2) is 17.5 Å². The molecule has 5 rings (SSSR count). The van der Waals surface area contributed by atoms with Gasteiger partial charge in [0.1, 0.15) is 35.5 Å². The number of thioether (sulfide) groups is 1. The smallest absolute Gasteiger partial charge is 0.194 e. The zero-order valence-corrected chi connectivity index (χ0v) is 18.8. The van der Waals surface area contributed by atoms with E-state index in [4.69, 9.17) is 4.74 Å². The molecule has 0 saturated carbocycles. The van der Waals surface area contributed by atoms with E-state index in [1.807, 2.05) is 42.5 Å². The van der Waals surface area contributed by atoms with Gasteiger partial charge in [0, 0.05) is 10.5 Å². The Kier molecular flexibility index (Phi) is 6.51. The molecule has 0 spiro atoms. The van der Waals surface area contributed by atoms with Crippen LogP contribution in [-0.4, -0.2) is 60.7 Å². The van der Waals surface area contributed by atoms with Gasteiger partial charge in [-0.15, -0.1) is 5.10 Å². The van der Waals surface area contributed by atoms with Gasteiger partial charge in [0.25, 0.3) is 0 Å². The summed E-state index contributed by atoms with van der Waals surface area (Å²) < 4.78 is 47.7. The lowest BCUT2D eigenvalue weighted by molar-refractivity contribution is -0.178. The summed E-state index contributed by atoms with van der Waals surface area (Å²) >= 11 is 1.23. The molecule has 11 heteroatoms. The van der Waals surface area contributed by atoms with Crippen molar-refractivity contribution in [3.63, 3.8) is 0 Å². The van der Waals surface area contributed by atoms with Crippen molar-refractivity contribution in [2.75, 3.05) is 6.61 Å². The van der Waals surface area contributed by atoms with Crippen molar-refractivity contribution >= 4 is 22.5 Å². The Labute approximate surface area is 201 Å². The molecular weight excluding hydrogens is 483 g/mol. The summed E-state index contributed by atoms with van der Waals surface area (Å²) in [6, 6.07) is 13.9. The topological polar surface area (TPSA) is 101 Å². The van der Waals surface area contributed by atoms with E-state index in [1.54, 1.807) is 0 Å². The molecule has 3 N–H and O–H groups in total. The minimum absolute atomic E-state index is 0.00694. The average Bonchev–Trinajstić information content (AvgIpc) is 3.34. The number of hydrogen-bond acceptors (Lipinski definition) is 7. The van der Waals surface area contributed by atoms with Crippen molar-refractivity contribution in [1.29, 1.82) is 0 Å². The van der Waals surface area contributed by atoms with Crippen LogP contribution in [0.3, 0.4) is 0 Å². The molecule has 1 fully saturated rings. The first-order chi connectivity index (χ1) is 16.9. The van der Waals surface area contributed by atoms with E-state index in [2.05, 4.69) is 10.3 Å². The number of halogens is 3. The fourth-order valence-electron chi connectivity index (χ4n) is 4.16.